The molecule has 2 atom stereocenters. The molecule has 9 nitrogen and oxygen atoms in total. The summed E-state index contributed by atoms with van der Waals surface area (Å²) in [6.45, 7) is 6.57. The van der Waals surface area contributed by atoms with Crippen molar-refractivity contribution < 1.29 is 9.59 Å². The lowest BCUT2D eigenvalue weighted by Crippen LogP contribution is -2.53. The zero-order chi connectivity index (χ0) is 27.1. The summed E-state index contributed by atoms with van der Waals surface area (Å²) in [5.74, 6) is 0.954. The van der Waals surface area contributed by atoms with Crippen LogP contribution in [-0.2, 0) is 23.2 Å². The maximum atomic E-state index is 13.7. The fraction of sp³-hybridized carbons (Fsp3) is 0.552. The number of aromatic nitrogens is 3. The Morgan fingerprint density at radius 2 is 2.03 bits per heavy atom. The van der Waals surface area contributed by atoms with Crippen molar-refractivity contribution in [1.82, 2.24) is 24.3 Å². The molecule has 10 heteroatoms. The van der Waals surface area contributed by atoms with Crippen molar-refractivity contribution in [2.45, 2.75) is 70.4 Å². The van der Waals surface area contributed by atoms with E-state index in [0.29, 0.717) is 29.7 Å². The van der Waals surface area contributed by atoms with Crippen LogP contribution in [0.3, 0.4) is 0 Å². The lowest BCUT2D eigenvalue weighted by molar-refractivity contribution is -0.138. The third-order valence-electron chi connectivity index (χ3n) is 9.62. The van der Waals surface area contributed by atoms with Crippen LogP contribution in [0.15, 0.2) is 17.2 Å². The molecule has 204 valence electrons. The number of nitrogens with zero attached hydrogens (tertiary/aromatic N) is 5. The molecular formula is C29H34N6O3S. The molecule has 0 radical (unpaired) electrons. The molecular weight excluding hydrogens is 512 g/mol. The summed E-state index contributed by atoms with van der Waals surface area (Å²) in [6.07, 6.45) is 7.07. The van der Waals surface area contributed by atoms with Gasteiger partial charge in [0.1, 0.15) is 22.7 Å². The van der Waals surface area contributed by atoms with Crippen molar-refractivity contribution in [3.05, 3.63) is 44.4 Å². The van der Waals surface area contributed by atoms with Crippen LogP contribution in [0.5, 0.6) is 0 Å². The van der Waals surface area contributed by atoms with Crippen molar-refractivity contribution in [2.24, 2.45) is 5.92 Å². The topological polar surface area (TPSA) is 100 Å². The van der Waals surface area contributed by atoms with Crippen LogP contribution in [0.25, 0.3) is 10.2 Å². The smallest absolute Gasteiger partial charge is 0.275 e. The minimum Gasteiger partial charge on any atom is -0.340 e. The van der Waals surface area contributed by atoms with E-state index >= 15 is 0 Å². The lowest BCUT2D eigenvalue weighted by atomic mass is 9.75. The number of anilines is 2. The molecule has 1 amide bonds. The highest BCUT2D eigenvalue weighted by Crippen LogP contribution is 2.47. The first-order chi connectivity index (χ1) is 18.8. The number of carbonyl (C=O) groups excluding carboxylic acids is 2. The number of fused-ring (bicyclic) bond motifs is 5. The molecule has 3 aromatic heterocycles. The number of ketones is 1. The number of Topliss-reactive ketones (excluding diaryl/α,β-unsaturated/α-hetero) is 1. The van der Waals surface area contributed by atoms with E-state index in [1.54, 1.807) is 22.0 Å². The molecule has 2 aliphatic heterocycles. The number of hydrogen-bond donors (Lipinski definition) is 1. The van der Waals surface area contributed by atoms with Gasteiger partial charge in [0.15, 0.2) is 5.78 Å². The fourth-order valence-electron chi connectivity index (χ4n) is 7.13. The average Bonchev–Trinajstić information content (AvgIpc) is 3.44. The van der Waals surface area contributed by atoms with Crippen molar-refractivity contribution >= 4 is 44.7 Å². The van der Waals surface area contributed by atoms with E-state index in [-0.39, 0.29) is 28.7 Å². The van der Waals surface area contributed by atoms with Gasteiger partial charge in [-0.3, -0.25) is 19.0 Å². The van der Waals surface area contributed by atoms with E-state index in [0.717, 1.165) is 73.9 Å². The van der Waals surface area contributed by atoms with Gasteiger partial charge in [-0.1, -0.05) is 0 Å². The van der Waals surface area contributed by atoms with Gasteiger partial charge in [-0.15, -0.1) is 11.3 Å². The second kappa shape index (κ2) is 8.96. The van der Waals surface area contributed by atoms with Crippen LogP contribution < -0.4 is 10.9 Å². The maximum absolute atomic E-state index is 13.7. The number of pyridine rings is 1. The molecule has 1 saturated carbocycles. The number of carbonyl (C=O) groups is 2. The summed E-state index contributed by atoms with van der Waals surface area (Å²) in [4.78, 5) is 55.5. The third-order valence-corrected chi connectivity index (χ3v) is 10.8. The highest BCUT2D eigenvalue weighted by molar-refractivity contribution is 7.19. The average molecular weight is 547 g/mol. The molecule has 1 saturated heterocycles. The molecule has 3 aromatic rings. The summed E-state index contributed by atoms with van der Waals surface area (Å²) in [6, 6.07) is 2.17. The summed E-state index contributed by atoms with van der Waals surface area (Å²) in [5.41, 5.74) is 2.53. The van der Waals surface area contributed by atoms with E-state index in [9.17, 15) is 14.4 Å². The van der Waals surface area contributed by atoms with Gasteiger partial charge in [-0.2, -0.15) is 0 Å². The first-order valence-electron chi connectivity index (χ1n) is 14.1. The van der Waals surface area contributed by atoms with Crippen LogP contribution in [0, 0.1) is 12.8 Å². The Balaban J connectivity index is 1.20. The van der Waals surface area contributed by atoms with Crippen molar-refractivity contribution in [2.75, 3.05) is 32.0 Å². The monoisotopic (exact) mass is 546 g/mol. The zero-order valence-corrected chi connectivity index (χ0v) is 23.6. The summed E-state index contributed by atoms with van der Waals surface area (Å²) < 4.78 is 1.77. The Hall–Kier alpha value is -3.11. The number of hydrogen-bond acceptors (Lipinski definition) is 8. The minimum absolute atomic E-state index is 0.00857. The molecule has 39 heavy (non-hydrogen) atoms. The van der Waals surface area contributed by atoms with Gasteiger partial charge in [-0.25, -0.2) is 9.97 Å². The largest absolute Gasteiger partial charge is 0.340 e. The molecule has 2 aliphatic carbocycles. The van der Waals surface area contributed by atoms with Crippen molar-refractivity contribution in [1.29, 1.82) is 0 Å². The number of nitrogens with one attached hydrogen (secondary N) is 1. The number of amides is 1. The Labute approximate surface area is 231 Å². The quantitative estimate of drug-likeness (QED) is 0.535. The van der Waals surface area contributed by atoms with E-state index in [1.807, 2.05) is 11.8 Å². The number of rotatable bonds is 3. The Morgan fingerprint density at radius 1 is 1.21 bits per heavy atom. The van der Waals surface area contributed by atoms with Crippen molar-refractivity contribution in [3.63, 3.8) is 0 Å². The van der Waals surface area contributed by atoms with E-state index < -0.39 is 0 Å². The second-order valence-corrected chi connectivity index (χ2v) is 13.1. The van der Waals surface area contributed by atoms with Gasteiger partial charge in [0, 0.05) is 42.9 Å². The van der Waals surface area contributed by atoms with Gasteiger partial charge in [-0.05, 0) is 76.6 Å². The summed E-state index contributed by atoms with van der Waals surface area (Å²) in [5, 5.41) is 4.30. The number of thiophene rings is 1. The van der Waals surface area contributed by atoms with Crippen LogP contribution >= 0.6 is 11.3 Å². The van der Waals surface area contributed by atoms with Gasteiger partial charge in [0.25, 0.3) is 5.56 Å². The van der Waals surface area contributed by atoms with Gasteiger partial charge in [0.2, 0.25) is 5.91 Å². The van der Waals surface area contributed by atoms with E-state index in [1.165, 1.54) is 16.8 Å². The first kappa shape index (κ1) is 24.9. The molecule has 4 aliphatic rings. The first-order valence-corrected chi connectivity index (χ1v) is 14.9. The highest BCUT2D eigenvalue weighted by Gasteiger charge is 2.49. The predicted molar refractivity (Wildman–Crippen MR) is 151 cm³/mol. The maximum Gasteiger partial charge on any atom is 0.275 e. The van der Waals surface area contributed by atoms with Crippen LogP contribution in [-0.4, -0.2) is 68.7 Å². The van der Waals surface area contributed by atoms with Crippen LogP contribution in [0.4, 0.5) is 11.5 Å². The normalized spacial score (nSPS) is 24.1. The fourth-order valence-corrected chi connectivity index (χ4v) is 8.40. The van der Waals surface area contributed by atoms with E-state index in [2.05, 4.69) is 34.2 Å². The molecule has 1 N–H and O–H groups in total. The molecule has 0 unspecified atom stereocenters. The van der Waals surface area contributed by atoms with E-state index in [4.69, 9.17) is 0 Å². The third kappa shape index (κ3) is 3.78. The molecule has 2 fully saturated rings. The summed E-state index contributed by atoms with van der Waals surface area (Å²) >= 11 is 1.64. The Morgan fingerprint density at radius 3 is 2.77 bits per heavy atom. The molecule has 0 aromatic carbocycles. The Kier molecular flexibility index (Phi) is 5.72. The molecule has 5 heterocycles. The van der Waals surface area contributed by atoms with Gasteiger partial charge >= 0.3 is 0 Å². The number of likely N-dealkylation sites (N-methyl/N-ethyl adjacent to an activating group) is 1. The summed E-state index contributed by atoms with van der Waals surface area (Å²) in [7, 11) is 2.12. The lowest BCUT2D eigenvalue weighted by Gasteiger charge is -2.39. The second-order valence-electron chi connectivity index (χ2n) is 12.0. The predicted octanol–water partition coefficient (Wildman–Crippen LogP) is 3.64. The zero-order valence-electron chi connectivity index (χ0n) is 22.7. The Bertz CT molecular complexity index is 1590. The van der Waals surface area contributed by atoms with Gasteiger partial charge < -0.3 is 15.1 Å². The molecule has 1 spiro atoms. The SMILES string of the molecule is Cc1cc(Nc2ncnc3sc4c(c23)CC[C@H](C(=O)N2CCN(C)[C@H](C)C2)C4)c(=O)n2c1C(=O)CC21CCC1. The number of aryl methyl sites for hydroxylation is 2. The van der Waals surface area contributed by atoms with Gasteiger partial charge in [0.05, 0.1) is 16.6 Å². The van der Waals surface area contributed by atoms with Crippen molar-refractivity contribution in [3.8, 4) is 0 Å². The van der Waals surface area contributed by atoms with Crippen LogP contribution in [0.1, 0.15) is 65.5 Å². The minimum atomic E-state index is -0.350. The standard InChI is InChI=1S/C29H34N6O3S/c1-16-11-20(28(38)35-24(16)21(36)13-29(35)7-4-8-29)32-25-23-19-6-5-18(12-22(19)39-26(23)31-15-30-25)27(37)34-10-9-33(3)17(2)14-34/h11,15,17-18H,4-10,12-14H2,1-3H3,(H,30,31,32)/t17-,18+/m1/s1. The van der Waals surface area contributed by atoms with Crippen LogP contribution in [0.2, 0.25) is 0 Å². The highest BCUT2D eigenvalue weighted by atomic mass is 32.1. The number of piperazine rings is 1. The molecule has 0 bridgehead atoms. The molecule has 7 rings (SSSR count).